The Morgan fingerprint density at radius 2 is 1.79 bits per heavy atom. The van der Waals surface area contributed by atoms with Gasteiger partial charge in [0.05, 0.1) is 0 Å². The van der Waals surface area contributed by atoms with Crippen molar-refractivity contribution in [3.8, 4) is 5.75 Å². The highest BCUT2D eigenvalue weighted by Gasteiger charge is 2.17. The van der Waals surface area contributed by atoms with E-state index in [0.717, 1.165) is 48.7 Å². The monoisotopic (exact) mass is 398 g/mol. The lowest BCUT2D eigenvalue weighted by Crippen LogP contribution is -2.35. The van der Waals surface area contributed by atoms with E-state index in [1.54, 1.807) is 11.8 Å². The van der Waals surface area contributed by atoms with Crippen LogP contribution in [0.5, 0.6) is 5.75 Å². The molecule has 1 aliphatic rings. The summed E-state index contributed by atoms with van der Waals surface area (Å²) in [7, 11) is 2.15. The minimum absolute atomic E-state index is 0.104. The number of likely N-dealkylation sites (tertiary alicyclic amines) is 1. The van der Waals surface area contributed by atoms with Gasteiger partial charge in [0.15, 0.2) is 0 Å². The highest BCUT2D eigenvalue weighted by molar-refractivity contribution is 7.98. The molecule has 0 saturated carbocycles. The first-order valence-electron chi connectivity index (χ1n) is 10.0. The first-order chi connectivity index (χ1) is 13.7. The number of nitrogens with one attached hydrogen (secondary N) is 1. The highest BCUT2D eigenvalue weighted by Crippen LogP contribution is 2.19. The molecule has 0 unspecified atom stereocenters. The molecule has 0 bridgehead atoms. The van der Waals surface area contributed by atoms with Gasteiger partial charge in [-0.25, -0.2) is 0 Å². The van der Waals surface area contributed by atoms with Crippen LogP contribution in [0.3, 0.4) is 0 Å². The van der Waals surface area contributed by atoms with Gasteiger partial charge in [0.1, 0.15) is 11.9 Å². The number of rotatable bonds is 9. The molecule has 4 nitrogen and oxygen atoms in total. The number of hydrogen-bond acceptors (Lipinski definition) is 4. The minimum atomic E-state index is 0.104. The van der Waals surface area contributed by atoms with Crippen LogP contribution < -0.4 is 10.1 Å². The van der Waals surface area contributed by atoms with Gasteiger partial charge in [-0.3, -0.25) is 4.79 Å². The second-order valence-corrected chi connectivity index (χ2v) is 8.43. The zero-order chi connectivity index (χ0) is 19.6. The average Bonchev–Trinajstić information content (AvgIpc) is 2.73. The van der Waals surface area contributed by atoms with Gasteiger partial charge in [-0.05, 0) is 43.1 Å². The standard InChI is InChI=1S/C23H30N2O2S/c1-25-14-11-22(12-15-25)27-21-9-7-19(8-10-21)17-24-23(26)13-16-28-18-20-5-3-2-4-6-20/h2-10,22H,11-18H2,1H3,(H,24,26). The molecule has 0 aliphatic carbocycles. The molecule has 1 fully saturated rings. The van der Waals surface area contributed by atoms with Gasteiger partial charge in [0, 0.05) is 37.6 Å². The lowest BCUT2D eigenvalue weighted by Gasteiger charge is -2.29. The zero-order valence-electron chi connectivity index (χ0n) is 16.6. The third-order valence-corrected chi connectivity index (χ3v) is 6.00. The van der Waals surface area contributed by atoms with Crippen LogP contribution in [0.1, 0.15) is 30.4 Å². The van der Waals surface area contributed by atoms with E-state index in [0.29, 0.717) is 19.1 Å². The van der Waals surface area contributed by atoms with Gasteiger partial charge >= 0.3 is 0 Å². The van der Waals surface area contributed by atoms with E-state index < -0.39 is 0 Å². The van der Waals surface area contributed by atoms with Gasteiger partial charge in [-0.2, -0.15) is 11.8 Å². The maximum Gasteiger partial charge on any atom is 0.221 e. The summed E-state index contributed by atoms with van der Waals surface area (Å²) in [5.74, 6) is 2.81. The molecule has 150 valence electrons. The molecular weight excluding hydrogens is 368 g/mol. The molecule has 0 radical (unpaired) electrons. The van der Waals surface area contributed by atoms with Crippen molar-refractivity contribution >= 4 is 17.7 Å². The Morgan fingerprint density at radius 3 is 2.50 bits per heavy atom. The summed E-state index contributed by atoms with van der Waals surface area (Å²) in [4.78, 5) is 14.4. The second-order valence-electron chi connectivity index (χ2n) is 7.33. The van der Waals surface area contributed by atoms with Crippen molar-refractivity contribution in [3.05, 3.63) is 65.7 Å². The van der Waals surface area contributed by atoms with Crippen molar-refractivity contribution in [2.75, 3.05) is 25.9 Å². The minimum Gasteiger partial charge on any atom is -0.490 e. The van der Waals surface area contributed by atoms with Crippen molar-refractivity contribution in [2.24, 2.45) is 0 Å². The molecule has 2 aromatic rings. The Morgan fingerprint density at radius 1 is 1.07 bits per heavy atom. The second kappa shape index (κ2) is 11.1. The number of thioether (sulfide) groups is 1. The van der Waals surface area contributed by atoms with E-state index in [9.17, 15) is 4.79 Å². The zero-order valence-corrected chi connectivity index (χ0v) is 17.4. The van der Waals surface area contributed by atoms with E-state index in [1.807, 2.05) is 42.5 Å². The molecule has 5 heteroatoms. The maximum absolute atomic E-state index is 12.0. The molecule has 1 N–H and O–H groups in total. The van der Waals surface area contributed by atoms with E-state index in [1.165, 1.54) is 5.56 Å². The Bertz CT molecular complexity index is 713. The molecule has 1 amide bonds. The summed E-state index contributed by atoms with van der Waals surface area (Å²) in [5.41, 5.74) is 2.40. The fourth-order valence-corrected chi connectivity index (χ4v) is 4.10. The summed E-state index contributed by atoms with van der Waals surface area (Å²) < 4.78 is 6.07. The summed E-state index contributed by atoms with van der Waals surface area (Å²) in [6.45, 7) is 2.76. The summed E-state index contributed by atoms with van der Waals surface area (Å²) in [5, 5.41) is 3.00. The molecule has 0 atom stereocenters. The fraction of sp³-hybridized carbons (Fsp3) is 0.435. The lowest BCUT2D eigenvalue weighted by atomic mass is 10.1. The number of carbonyl (C=O) groups is 1. The third-order valence-electron chi connectivity index (χ3n) is 4.97. The average molecular weight is 399 g/mol. The van der Waals surface area contributed by atoms with Crippen LogP contribution in [0.25, 0.3) is 0 Å². The number of hydrogen-bond donors (Lipinski definition) is 1. The van der Waals surface area contributed by atoms with Gasteiger partial charge in [0.25, 0.3) is 0 Å². The van der Waals surface area contributed by atoms with Crippen LogP contribution in [0.4, 0.5) is 0 Å². The molecule has 1 saturated heterocycles. The van der Waals surface area contributed by atoms with Crippen molar-refractivity contribution in [3.63, 3.8) is 0 Å². The van der Waals surface area contributed by atoms with E-state index in [-0.39, 0.29) is 5.91 Å². The van der Waals surface area contributed by atoms with Crippen LogP contribution in [0, 0.1) is 0 Å². The van der Waals surface area contributed by atoms with Gasteiger partial charge in [-0.1, -0.05) is 42.5 Å². The normalized spacial score (nSPS) is 15.3. The number of nitrogens with zero attached hydrogens (tertiary/aromatic N) is 1. The molecule has 1 heterocycles. The summed E-state index contributed by atoms with van der Waals surface area (Å²) in [6, 6.07) is 18.4. The van der Waals surface area contributed by atoms with Gasteiger partial charge in [0.2, 0.25) is 5.91 Å². The van der Waals surface area contributed by atoms with E-state index in [2.05, 4.69) is 29.4 Å². The van der Waals surface area contributed by atoms with Gasteiger partial charge < -0.3 is 15.0 Å². The summed E-state index contributed by atoms with van der Waals surface area (Å²) >= 11 is 1.79. The van der Waals surface area contributed by atoms with Crippen molar-refractivity contribution in [1.82, 2.24) is 10.2 Å². The number of benzene rings is 2. The predicted molar refractivity (Wildman–Crippen MR) is 117 cm³/mol. The van der Waals surface area contributed by atoms with E-state index >= 15 is 0 Å². The Labute approximate surface area is 172 Å². The number of carbonyl (C=O) groups excluding carboxylic acids is 1. The first kappa shape index (κ1) is 20.7. The number of amides is 1. The number of piperidine rings is 1. The smallest absolute Gasteiger partial charge is 0.221 e. The van der Waals surface area contributed by atoms with Crippen LogP contribution in [0.2, 0.25) is 0 Å². The maximum atomic E-state index is 12.0. The van der Waals surface area contributed by atoms with Crippen molar-refractivity contribution < 1.29 is 9.53 Å². The Kier molecular flexibility index (Phi) is 8.24. The Balaban J connectivity index is 1.31. The molecule has 2 aromatic carbocycles. The van der Waals surface area contributed by atoms with Crippen LogP contribution in [-0.2, 0) is 17.1 Å². The molecular formula is C23H30N2O2S. The molecule has 0 aromatic heterocycles. The topological polar surface area (TPSA) is 41.6 Å². The predicted octanol–water partition coefficient (Wildman–Crippen LogP) is 4.10. The third kappa shape index (κ3) is 7.21. The Hall–Kier alpha value is -1.98. The largest absolute Gasteiger partial charge is 0.490 e. The summed E-state index contributed by atoms with van der Waals surface area (Å²) in [6.07, 6.45) is 3.03. The lowest BCUT2D eigenvalue weighted by molar-refractivity contribution is -0.120. The van der Waals surface area contributed by atoms with Crippen molar-refractivity contribution in [1.29, 1.82) is 0 Å². The highest BCUT2D eigenvalue weighted by atomic mass is 32.2. The SMILES string of the molecule is CN1CCC(Oc2ccc(CNC(=O)CCSCc3ccccc3)cc2)CC1. The molecule has 28 heavy (non-hydrogen) atoms. The quantitative estimate of drug-likeness (QED) is 0.646. The fourth-order valence-electron chi connectivity index (χ4n) is 3.20. The van der Waals surface area contributed by atoms with Crippen molar-refractivity contribution in [2.45, 2.75) is 37.7 Å². The number of ether oxygens (including phenoxy) is 1. The molecule has 1 aliphatic heterocycles. The van der Waals surface area contributed by atoms with E-state index in [4.69, 9.17) is 4.74 Å². The van der Waals surface area contributed by atoms with Crippen LogP contribution in [-0.4, -0.2) is 42.8 Å². The van der Waals surface area contributed by atoms with Crippen LogP contribution in [0.15, 0.2) is 54.6 Å². The van der Waals surface area contributed by atoms with Crippen LogP contribution >= 0.6 is 11.8 Å². The van der Waals surface area contributed by atoms with Gasteiger partial charge in [-0.15, -0.1) is 0 Å². The first-order valence-corrected chi connectivity index (χ1v) is 11.2. The molecule has 0 spiro atoms. The molecule has 3 rings (SSSR count).